The smallest absolute Gasteiger partial charge is 0.343 e. The van der Waals surface area contributed by atoms with Crippen molar-refractivity contribution in [2.24, 2.45) is 0 Å². The summed E-state index contributed by atoms with van der Waals surface area (Å²) in [6.45, 7) is 0. The minimum Gasteiger partial charge on any atom is -0.423 e. The lowest BCUT2D eigenvalue weighted by molar-refractivity contribution is 0.0735. The van der Waals surface area contributed by atoms with E-state index in [1.807, 2.05) is 0 Å². The van der Waals surface area contributed by atoms with E-state index in [2.05, 4.69) is 10.6 Å². The van der Waals surface area contributed by atoms with E-state index in [1.54, 1.807) is 30.3 Å². The first-order chi connectivity index (χ1) is 10.5. The summed E-state index contributed by atoms with van der Waals surface area (Å²) < 4.78 is 5.20. The summed E-state index contributed by atoms with van der Waals surface area (Å²) in [6, 6.07) is 10.5. The van der Waals surface area contributed by atoms with Gasteiger partial charge >= 0.3 is 12.0 Å². The van der Waals surface area contributed by atoms with Crippen LogP contribution in [0.25, 0.3) is 0 Å². The average Bonchev–Trinajstić information content (AvgIpc) is 2.46. The Morgan fingerprint density at radius 3 is 2.14 bits per heavy atom. The maximum atomic E-state index is 12.0. The molecule has 22 heavy (non-hydrogen) atoms. The molecule has 0 aromatic heterocycles. The van der Waals surface area contributed by atoms with Crippen molar-refractivity contribution < 1.29 is 14.3 Å². The number of anilines is 1. The minimum absolute atomic E-state index is 0.259. The molecule has 2 aromatic rings. The first kappa shape index (κ1) is 16.1. The molecule has 0 radical (unpaired) electrons. The van der Waals surface area contributed by atoms with Crippen LogP contribution >= 0.6 is 23.2 Å². The largest absolute Gasteiger partial charge is 0.423 e. The lowest BCUT2D eigenvalue weighted by Gasteiger charge is -2.07. The Hall–Kier alpha value is -2.24. The zero-order chi connectivity index (χ0) is 16.1. The third-order valence-electron chi connectivity index (χ3n) is 2.65. The topological polar surface area (TPSA) is 67.4 Å². The Bertz CT molecular complexity index is 682. The van der Waals surface area contributed by atoms with E-state index in [-0.39, 0.29) is 11.8 Å². The highest BCUT2D eigenvalue weighted by molar-refractivity contribution is 6.34. The number of esters is 1. The van der Waals surface area contributed by atoms with Crippen LogP contribution in [0.2, 0.25) is 10.0 Å². The fourth-order valence-electron chi connectivity index (χ4n) is 1.64. The zero-order valence-electron chi connectivity index (χ0n) is 11.5. The van der Waals surface area contributed by atoms with Crippen molar-refractivity contribution in [1.82, 2.24) is 5.32 Å². The molecule has 2 amide bonds. The predicted molar refractivity (Wildman–Crippen MR) is 85.9 cm³/mol. The third-order valence-corrected chi connectivity index (χ3v) is 3.09. The van der Waals surface area contributed by atoms with E-state index in [9.17, 15) is 9.59 Å². The Labute approximate surface area is 137 Å². The fraction of sp³-hybridized carbons (Fsp3) is 0.0667. The number of nitrogens with one attached hydrogen (secondary N) is 2. The van der Waals surface area contributed by atoms with Crippen LogP contribution in [0.4, 0.5) is 10.5 Å². The SMILES string of the molecule is CNC(=O)Nc1ccc(C(=O)Oc2cc(Cl)cc(Cl)c2)cc1. The van der Waals surface area contributed by atoms with Crippen LogP contribution in [0.15, 0.2) is 42.5 Å². The van der Waals surface area contributed by atoms with Gasteiger partial charge in [-0.15, -0.1) is 0 Å². The molecule has 0 atom stereocenters. The molecule has 0 bridgehead atoms. The Balaban J connectivity index is 2.08. The normalized spacial score (nSPS) is 9.95. The van der Waals surface area contributed by atoms with Gasteiger partial charge in [0.25, 0.3) is 0 Å². The number of urea groups is 1. The van der Waals surface area contributed by atoms with Crippen molar-refractivity contribution >= 4 is 40.9 Å². The molecule has 0 aliphatic heterocycles. The molecule has 0 fully saturated rings. The van der Waals surface area contributed by atoms with Crippen molar-refractivity contribution in [3.8, 4) is 5.75 Å². The maximum Gasteiger partial charge on any atom is 0.343 e. The van der Waals surface area contributed by atoms with Gasteiger partial charge in [0.2, 0.25) is 0 Å². The number of amides is 2. The van der Waals surface area contributed by atoms with Gasteiger partial charge in [0.1, 0.15) is 5.75 Å². The van der Waals surface area contributed by atoms with Gasteiger partial charge in [0.15, 0.2) is 0 Å². The highest BCUT2D eigenvalue weighted by Crippen LogP contribution is 2.25. The number of carbonyl (C=O) groups excluding carboxylic acids is 2. The van der Waals surface area contributed by atoms with Crippen LogP contribution in [0.1, 0.15) is 10.4 Å². The van der Waals surface area contributed by atoms with Gasteiger partial charge in [-0.05, 0) is 42.5 Å². The molecule has 114 valence electrons. The summed E-state index contributed by atoms with van der Waals surface area (Å²) >= 11 is 11.7. The molecule has 0 saturated heterocycles. The number of ether oxygens (including phenoxy) is 1. The van der Waals surface area contributed by atoms with Gasteiger partial charge in [-0.2, -0.15) is 0 Å². The summed E-state index contributed by atoms with van der Waals surface area (Å²) in [4.78, 5) is 23.2. The lowest BCUT2D eigenvalue weighted by atomic mass is 10.2. The molecule has 0 aliphatic carbocycles. The first-order valence-electron chi connectivity index (χ1n) is 6.25. The number of carbonyl (C=O) groups is 2. The van der Waals surface area contributed by atoms with Crippen molar-refractivity contribution in [1.29, 1.82) is 0 Å². The highest BCUT2D eigenvalue weighted by Gasteiger charge is 2.10. The maximum absolute atomic E-state index is 12.0. The third kappa shape index (κ3) is 4.38. The predicted octanol–water partition coefficient (Wildman–Crippen LogP) is 3.96. The number of benzene rings is 2. The van der Waals surface area contributed by atoms with Crippen LogP contribution in [-0.4, -0.2) is 19.0 Å². The summed E-state index contributed by atoms with van der Waals surface area (Å²) in [5.74, 6) is -0.292. The molecular formula is C15H12Cl2N2O3. The number of rotatable bonds is 3. The van der Waals surface area contributed by atoms with Crippen LogP contribution in [0.3, 0.4) is 0 Å². The second-order valence-electron chi connectivity index (χ2n) is 4.28. The summed E-state index contributed by atoms with van der Waals surface area (Å²) in [5.41, 5.74) is 0.889. The van der Waals surface area contributed by atoms with Gasteiger partial charge < -0.3 is 15.4 Å². The van der Waals surface area contributed by atoms with Gasteiger partial charge in [0.05, 0.1) is 5.56 Å². The molecule has 0 spiro atoms. The molecule has 2 rings (SSSR count). The second-order valence-corrected chi connectivity index (χ2v) is 5.15. The van der Waals surface area contributed by atoms with Crippen LogP contribution < -0.4 is 15.4 Å². The number of halogens is 2. The van der Waals surface area contributed by atoms with Gasteiger partial charge in [-0.1, -0.05) is 23.2 Å². The van der Waals surface area contributed by atoms with Crippen molar-refractivity contribution in [2.45, 2.75) is 0 Å². The quantitative estimate of drug-likeness (QED) is 0.657. The molecule has 0 unspecified atom stereocenters. The fourth-order valence-corrected chi connectivity index (χ4v) is 2.14. The van der Waals surface area contributed by atoms with Crippen LogP contribution in [-0.2, 0) is 0 Å². The van der Waals surface area contributed by atoms with Crippen molar-refractivity contribution in [2.75, 3.05) is 12.4 Å². The summed E-state index contributed by atoms with van der Waals surface area (Å²) in [7, 11) is 1.51. The molecule has 5 nitrogen and oxygen atoms in total. The van der Waals surface area contributed by atoms with E-state index in [1.165, 1.54) is 19.2 Å². The summed E-state index contributed by atoms with van der Waals surface area (Å²) in [6.07, 6.45) is 0. The lowest BCUT2D eigenvalue weighted by Crippen LogP contribution is -2.24. The molecule has 0 saturated carbocycles. The standard InChI is InChI=1S/C15H12Cl2N2O3/c1-18-15(21)19-12-4-2-9(3-5-12)14(20)22-13-7-10(16)6-11(17)8-13/h2-8H,1H3,(H2,18,19,21). The Kier molecular flexibility index (Phi) is 5.25. The van der Waals surface area contributed by atoms with Crippen LogP contribution in [0.5, 0.6) is 5.75 Å². The van der Waals surface area contributed by atoms with Crippen molar-refractivity contribution in [3.05, 3.63) is 58.1 Å². The van der Waals surface area contributed by atoms with E-state index in [0.29, 0.717) is 21.3 Å². The Morgan fingerprint density at radius 2 is 1.59 bits per heavy atom. The molecular weight excluding hydrogens is 327 g/mol. The molecule has 2 aromatic carbocycles. The Morgan fingerprint density at radius 1 is 1.00 bits per heavy atom. The average molecular weight is 339 g/mol. The minimum atomic E-state index is -0.551. The van der Waals surface area contributed by atoms with Gasteiger partial charge in [0, 0.05) is 22.8 Å². The van der Waals surface area contributed by atoms with E-state index in [0.717, 1.165) is 0 Å². The highest BCUT2D eigenvalue weighted by atomic mass is 35.5. The zero-order valence-corrected chi connectivity index (χ0v) is 13.0. The molecule has 2 N–H and O–H groups in total. The second kappa shape index (κ2) is 7.15. The first-order valence-corrected chi connectivity index (χ1v) is 7.00. The van der Waals surface area contributed by atoms with Crippen molar-refractivity contribution in [3.63, 3.8) is 0 Å². The van der Waals surface area contributed by atoms with Gasteiger partial charge in [-0.25, -0.2) is 9.59 Å². The van der Waals surface area contributed by atoms with Gasteiger partial charge in [-0.3, -0.25) is 0 Å². The molecule has 7 heteroatoms. The number of hydrogen-bond donors (Lipinski definition) is 2. The molecule has 0 heterocycles. The van der Waals surface area contributed by atoms with Crippen LogP contribution in [0, 0.1) is 0 Å². The summed E-state index contributed by atoms with van der Waals surface area (Å²) in [5, 5.41) is 5.76. The number of hydrogen-bond acceptors (Lipinski definition) is 3. The van der Waals surface area contributed by atoms with E-state index in [4.69, 9.17) is 27.9 Å². The molecule has 0 aliphatic rings. The monoisotopic (exact) mass is 338 g/mol. The van der Waals surface area contributed by atoms with E-state index < -0.39 is 5.97 Å². The van der Waals surface area contributed by atoms with E-state index >= 15 is 0 Å².